The standard InChI is InChI=1S/C14H17ClF3N/c1-2-3-4-5-6-9-19-13-10-11(14(16,17)18)7-8-12(13)15/h2,7-8,10,19H,1,3-6,9H2. The molecule has 0 fully saturated rings. The highest BCUT2D eigenvalue weighted by Crippen LogP contribution is 2.33. The lowest BCUT2D eigenvalue weighted by Gasteiger charge is -2.12. The summed E-state index contributed by atoms with van der Waals surface area (Å²) in [5.74, 6) is 0. The predicted molar refractivity (Wildman–Crippen MR) is 73.6 cm³/mol. The van der Waals surface area contributed by atoms with Gasteiger partial charge in [0.05, 0.1) is 16.3 Å². The van der Waals surface area contributed by atoms with E-state index in [1.807, 2.05) is 6.08 Å². The van der Waals surface area contributed by atoms with Crippen LogP contribution in [0.2, 0.25) is 5.02 Å². The summed E-state index contributed by atoms with van der Waals surface area (Å²) in [5.41, 5.74) is -0.355. The van der Waals surface area contributed by atoms with E-state index < -0.39 is 11.7 Å². The highest BCUT2D eigenvalue weighted by molar-refractivity contribution is 6.33. The maximum atomic E-state index is 12.5. The highest BCUT2D eigenvalue weighted by atomic mass is 35.5. The fourth-order valence-electron chi connectivity index (χ4n) is 1.65. The molecule has 0 aliphatic carbocycles. The van der Waals surface area contributed by atoms with Crippen LogP contribution in [0.3, 0.4) is 0 Å². The fourth-order valence-corrected chi connectivity index (χ4v) is 1.83. The van der Waals surface area contributed by atoms with Crippen LogP contribution in [-0.2, 0) is 6.18 Å². The van der Waals surface area contributed by atoms with Crippen LogP contribution in [0.1, 0.15) is 31.2 Å². The molecule has 0 saturated carbocycles. The normalized spacial score (nSPS) is 11.4. The summed E-state index contributed by atoms with van der Waals surface area (Å²) in [6.07, 6.45) is 1.42. The van der Waals surface area contributed by atoms with E-state index >= 15 is 0 Å². The Morgan fingerprint density at radius 2 is 1.95 bits per heavy atom. The summed E-state index contributed by atoms with van der Waals surface area (Å²) in [7, 11) is 0. The van der Waals surface area contributed by atoms with E-state index in [0.717, 1.165) is 37.8 Å². The summed E-state index contributed by atoms with van der Waals surface area (Å²) in [5, 5.41) is 3.25. The number of benzene rings is 1. The van der Waals surface area contributed by atoms with Crippen molar-refractivity contribution in [2.45, 2.75) is 31.9 Å². The van der Waals surface area contributed by atoms with Crippen molar-refractivity contribution in [1.29, 1.82) is 0 Å². The summed E-state index contributed by atoms with van der Waals surface area (Å²) < 4.78 is 37.6. The first-order valence-electron chi connectivity index (χ1n) is 6.16. The number of anilines is 1. The number of alkyl halides is 3. The highest BCUT2D eigenvalue weighted by Gasteiger charge is 2.30. The fraction of sp³-hybridized carbons (Fsp3) is 0.429. The van der Waals surface area contributed by atoms with Crippen molar-refractivity contribution in [3.8, 4) is 0 Å². The molecule has 19 heavy (non-hydrogen) atoms. The van der Waals surface area contributed by atoms with Gasteiger partial charge in [0.25, 0.3) is 0 Å². The van der Waals surface area contributed by atoms with Gasteiger partial charge in [-0.1, -0.05) is 24.1 Å². The third-order valence-electron chi connectivity index (χ3n) is 2.69. The minimum absolute atomic E-state index is 0.305. The van der Waals surface area contributed by atoms with Crippen LogP contribution in [0.25, 0.3) is 0 Å². The number of hydrogen-bond acceptors (Lipinski definition) is 1. The molecule has 1 nitrogen and oxygen atoms in total. The molecule has 0 spiro atoms. The van der Waals surface area contributed by atoms with Crippen LogP contribution in [0, 0.1) is 0 Å². The van der Waals surface area contributed by atoms with E-state index in [-0.39, 0.29) is 0 Å². The van der Waals surface area contributed by atoms with E-state index in [4.69, 9.17) is 11.6 Å². The average molecular weight is 292 g/mol. The molecule has 0 bridgehead atoms. The number of rotatable bonds is 7. The largest absolute Gasteiger partial charge is 0.416 e. The number of nitrogens with one attached hydrogen (secondary N) is 1. The van der Waals surface area contributed by atoms with Crippen LogP contribution < -0.4 is 5.32 Å². The zero-order valence-corrected chi connectivity index (χ0v) is 11.3. The van der Waals surface area contributed by atoms with Gasteiger partial charge in [0.1, 0.15) is 0 Å². The number of unbranched alkanes of at least 4 members (excludes halogenated alkanes) is 3. The second kappa shape index (κ2) is 7.43. The molecule has 0 radical (unpaired) electrons. The van der Waals surface area contributed by atoms with Crippen LogP contribution in [0.5, 0.6) is 0 Å². The summed E-state index contributed by atoms with van der Waals surface area (Å²) in [4.78, 5) is 0. The third-order valence-corrected chi connectivity index (χ3v) is 3.02. The molecular formula is C14H17ClF3N. The van der Waals surface area contributed by atoms with Crippen molar-refractivity contribution in [3.05, 3.63) is 41.4 Å². The quantitative estimate of drug-likeness (QED) is 0.515. The molecule has 0 heterocycles. The molecule has 1 aromatic carbocycles. The van der Waals surface area contributed by atoms with E-state index in [0.29, 0.717) is 17.3 Å². The van der Waals surface area contributed by atoms with Crippen LogP contribution in [-0.4, -0.2) is 6.54 Å². The minimum atomic E-state index is -4.34. The lowest BCUT2D eigenvalue weighted by molar-refractivity contribution is -0.137. The SMILES string of the molecule is C=CCCCCCNc1cc(C(F)(F)F)ccc1Cl. The topological polar surface area (TPSA) is 12.0 Å². The van der Waals surface area contributed by atoms with E-state index in [1.165, 1.54) is 6.07 Å². The van der Waals surface area contributed by atoms with Crippen molar-refractivity contribution in [1.82, 2.24) is 0 Å². The number of hydrogen-bond donors (Lipinski definition) is 1. The molecule has 0 aliphatic heterocycles. The molecule has 1 rings (SSSR count). The van der Waals surface area contributed by atoms with Crippen molar-refractivity contribution in [3.63, 3.8) is 0 Å². The number of halogens is 4. The number of allylic oxidation sites excluding steroid dienone is 1. The van der Waals surface area contributed by atoms with Crippen molar-refractivity contribution >= 4 is 17.3 Å². The van der Waals surface area contributed by atoms with Crippen LogP contribution in [0.15, 0.2) is 30.9 Å². The first-order chi connectivity index (χ1) is 8.95. The Morgan fingerprint density at radius 1 is 1.21 bits per heavy atom. The second-order valence-electron chi connectivity index (χ2n) is 4.26. The van der Waals surface area contributed by atoms with Crippen molar-refractivity contribution in [2.24, 2.45) is 0 Å². The summed E-state index contributed by atoms with van der Waals surface area (Å²) in [6.45, 7) is 4.24. The molecule has 1 N–H and O–H groups in total. The minimum Gasteiger partial charge on any atom is -0.384 e. The Labute approximate surface area is 116 Å². The van der Waals surface area contributed by atoms with Gasteiger partial charge in [0.15, 0.2) is 0 Å². The van der Waals surface area contributed by atoms with Gasteiger partial charge in [-0.05, 0) is 37.5 Å². The Hall–Kier alpha value is -1.16. The molecule has 1 aromatic rings. The van der Waals surface area contributed by atoms with E-state index in [2.05, 4.69) is 11.9 Å². The van der Waals surface area contributed by atoms with Crippen LogP contribution in [0.4, 0.5) is 18.9 Å². The van der Waals surface area contributed by atoms with Crippen molar-refractivity contribution in [2.75, 3.05) is 11.9 Å². The zero-order chi connectivity index (χ0) is 14.3. The third kappa shape index (κ3) is 5.55. The van der Waals surface area contributed by atoms with E-state index in [9.17, 15) is 13.2 Å². The van der Waals surface area contributed by atoms with E-state index in [1.54, 1.807) is 0 Å². The molecule has 0 unspecified atom stereocenters. The summed E-state index contributed by atoms with van der Waals surface area (Å²) in [6, 6.07) is 3.30. The van der Waals surface area contributed by atoms with Gasteiger partial charge in [-0.2, -0.15) is 13.2 Å². The molecular weight excluding hydrogens is 275 g/mol. The molecule has 0 amide bonds. The smallest absolute Gasteiger partial charge is 0.384 e. The van der Waals surface area contributed by atoms with Crippen molar-refractivity contribution < 1.29 is 13.2 Å². The van der Waals surface area contributed by atoms with Gasteiger partial charge in [0, 0.05) is 6.54 Å². The lowest BCUT2D eigenvalue weighted by Crippen LogP contribution is -2.07. The van der Waals surface area contributed by atoms with Gasteiger partial charge < -0.3 is 5.32 Å². The van der Waals surface area contributed by atoms with Gasteiger partial charge in [-0.15, -0.1) is 6.58 Å². The average Bonchev–Trinajstić information content (AvgIpc) is 2.34. The Balaban J connectivity index is 2.51. The van der Waals surface area contributed by atoms with Gasteiger partial charge >= 0.3 is 6.18 Å². The van der Waals surface area contributed by atoms with Gasteiger partial charge in [-0.25, -0.2) is 0 Å². The van der Waals surface area contributed by atoms with Gasteiger partial charge in [0.2, 0.25) is 0 Å². The maximum absolute atomic E-state index is 12.5. The predicted octanol–water partition coefficient (Wildman–Crippen LogP) is 5.52. The Bertz CT molecular complexity index is 416. The molecule has 0 aliphatic rings. The second-order valence-corrected chi connectivity index (χ2v) is 4.66. The summed E-state index contributed by atoms with van der Waals surface area (Å²) >= 11 is 5.87. The monoisotopic (exact) mass is 291 g/mol. The molecule has 0 atom stereocenters. The lowest BCUT2D eigenvalue weighted by atomic mass is 10.1. The molecule has 106 valence electrons. The Kier molecular flexibility index (Phi) is 6.22. The van der Waals surface area contributed by atoms with Crippen LogP contribution >= 0.6 is 11.6 Å². The van der Waals surface area contributed by atoms with Gasteiger partial charge in [-0.3, -0.25) is 0 Å². The molecule has 0 saturated heterocycles. The maximum Gasteiger partial charge on any atom is 0.416 e. The Morgan fingerprint density at radius 3 is 2.58 bits per heavy atom. The first-order valence-corrected chi connectivity index (χ1v) is 6.54. The molecule has 5 heteroatoms. The first kappa shape index (κ1) is 15.9. The molecule has 0 aromatic heterocycles. The zero-order valence-electron chi connectivity index (χ0n) is 10.6.